The van der Waals surface area contributed by atoms with Gasteiger partial charge in [-0.3, -0.25) is 0 Å². The van der Waals surface area contributed by atoms with Crippen LogP contribution < -0.4 is 0 Å². The first kappa shape index (κ1) is 24.0. The molecule has 4 rings (SSSR count). The molecular formula is C27H48O4. The molecule has 4 aliphatic carbocycles. The second-order valence-electron chi connectivity index (χ2n) is 13.0. The highest BCUT2D eigenvalue weighted by molar-refractivity contribution is 5.23. The van der Waals surface area contributed by atoms with Gasteiger partial charge in [0.05, 0.1) is 17.8 Å². The average Bonchev–Trinajstić information content (AvgIpc) is 3.03. The van der Waals surface area contributed by atoms with Crippen LogP contribution in [0.1, 0.15) is 105 Å². The molecule has 0 aromatic rings. The van der Waals surface area contributed by atoms with Crippen LogP contribution in [0.5, 0.6) is 0 Å². The van der Waals surface area contributed by atoms with Crippen LogP contribution in [0, 0.1) is 40.4 Å². The zero-order chi connectivity index (χ0) is 22.8. The molecule has 180 valence electrons. The lowest BCUT2D eigenvalue weighted by Crippen LogP contribution is -2.76. The molecule has 0 saturated heterocycles. The Morgan fingerprint density at radius 3 is 2.23 bits per heavy atom. The van der Waals surface area contributed by atoms with E-state index in [0.29, 0.717) is 43.4 Å². The summed E-state index contributed by atoms with van der Waals surface area (Å²) < 4.78 is 0. The first-order chi connectivity index (χ1) is 14.4. The average molecular weight is 437 g/mol. The summed E-state index contributed by atoms with van der Waals surface area (Å²) in [6.45, 7) is 11.5. The van der Waals surface area contributed by atoms with E-state index in [2.05, 4.69) is 27.7 Å². The maximum atomic E-state index is 12.3. The first-order valence-corrected chi connectivity index (χ1v) is 13.2. The van der Waals surface area contributed by atoms with Crippen LogP contribution in [0.3, 0.4) is 0 Å². The Morgan fingerprint density at radius 2 is 1.55 bits per heavy atom. The molecule has 4 fully saturated rings. The molecule has 0 spiro atoms. The number of aliphatic hydroxyl groups excluding tert-OH is 2. The second kappa shape index (κ2) is 7.96. The number of rotatable bonds is 5. The minimum absolute atomic E-state index is 0.0367. The number of hydrogen-bond donors (Lipinski definition) is 4. The molecule has 0 aromatic heterocycles. The van der Waals surface area contributed by atoms with Gasteiger partial charge < -0.3 is 20.4 Å². The quantitative estimate of drug-likeness (QED) is 0.505. The Bertz CT molecular complexity index is 666. The van der Waals surface area contributed by atoms with Gasteiger partial charge in [0.15, 0.2) is 0 Å². The molecule has 0 heterocycles. The monoisotopic (exact) mass is 436 g/mol. The lowest BCUT2D eigenvalue weighted by molar-refractivity contribution is -0.324. The maximum absolute atomic E-state index is 12.3. The fourth-order valence-electron chi connectivity index (χ4n) is 9.22. The fourth-order valence-corrected chi connectivity index (χ4v) is 9.22. The third-order valence-electron chi connectivity index (χ3n) is 11.2. The van der Waals surface area contributed by atoms with Gasteiger partial charge in [-0.15, -0.1) is 0 Å². The Hall–Kier alpha value is -0.160. The molecule has 4 aliphatic rings. The van der Waals surface area contributed by atoms with Crippen molar-refractivity contribution in [2.24, 2.45) is 40.4 Å². The highest BCUT2D eigenvalue weighted by atomic mass is 16.4. The van der Waals surface area contributed by atoms with E-state index in [1.807, 2.05) is 6.92 Å². The SMILES string of the molecule is CC(C)CCC[C@@H](C)[C@H]1CC[C@H]2[C@@H]3C[C@@H](O)[C@@]4(O)C[C@@H](O)CC[C@]4(C)[C@@]3(O)CC[C@]12C. The normalized spacial score (nSPS) is 53.0. The Morgan fingerprint density at radius 1 is 0.839 bits per heavy atom. The minimum Gasteiger partial charge on any atom is -0.393 e. The van der Waals surface area contributed by atoms with Crippen LogP contribution in [0.4, 0.5) is 0 Å². The van der Waals surface area contributed by atoms with E-state index in [1.54, 1.807) is 0 Å². The van der Waals surface area contributed by atoms with E-state index in [4.69, 9.17) is 0 Å². The molecule has 0 bridgehead atoms. The fraction of sp³-hybridized carbons (Fsp3) is 1.00. The van der Waals surface area contributed by atoms with Crippen molar-refractivity contribution in [1.29, 1.82) is 0 Å². The van der Waals surface area contributed by atoms with E-state index in [9.17, 15) is 20.4 Å². The molecule has 4 saturated carbocycles. The van der Waals surface area contributed by atoms with E-state index in [1.165, 1.54) is 25.7 Å². The van der Waals surface area contributed by atoms with Crippen molar-refractivity contribution in [1.82, 2.24) is 0 Å². The Kier molecular flexibility index (Phi) is 6.16. The van der Waals surface area contributed by atoms with Gasteiger partial charge in [0.1, 0.15) is 5.60 Å². The van der Waals surface area contributed by atoms with Crippen molar-refractivity contribution in [3.8, 4) is 0 Å². The van der Waals surface area contributed by atoms with Crippen LogP contribution in [0.25, 0.3) is 0 Å². The summed E-state index contributed by atoms with van der Waals surface area (Å²) in [5.74, 6) is 2.60. The summed E-state index contributed by atoms with van der Waals surface area (Å²) in [4.78, 5) is 0. The van der Waals surface area contributed by atoms with Gasteiger partial charge in [-0.25, -0.2) is 0 Å². The second-order valence-corrected chi connectivity index (χ2v) is 13.0. The zero-order valence-corrected chi connectivity index (χ0v) is 20.6. The van der Waals surface area contributed by atoms with E-state index >= 15 is 0 Å². The van der Waals surface area contributed by atoms with Gasteiger partial charge in [-0.05, 0) is 80.0 Å². The summed E-state index contributed by atoms with van der Waals surface area (Å²) in [5.41, 5.74) is -2.90. The minimum atomic E-state index is -1.40. The predicted octanol–water partition coefficient (Wildman–Crippen LogP) is 4.67. The van der Waals surface area contributed by atoms with Crippen molar-refractivity contribution >= 4 is 0 Å². The molecule has 0 amide bonds. The third kappa shape index (κ3) is 3.37. The first-order valence-electron chi connectivity index (χ1n) is 13.2. The summed E-state index contributed by atoms with van der Waals surface area (Å²) in [5, 5.41) is 45.3. The van der Waals surface area contributed by atoms with Crippen LogP contribution in [0.2, 0.25) is 0 Å². The number of fused-ring (bicyclic) bond motifs is 5. The van der Waals surface area contributed by atoms with E-state index < -0.39 is 28.8 Å². The Balaban J connectivity index is 1.58. The maximum Gasteiger partial charge on any atom is 0.101 e. The largest absolute Gasteiger partial charge is 0.393 e. The molecule has 0 aromatic carbocycles. The summed E-state index contributed by atoms with van der Waals surface area (Å²) in [6.07, 6.45) is 8.32. The molecule has 0 radical (unpaired) electrons. The van der Waals surface area contributed by atoms with Gasteiger partial charge in [0.2, 0.25) is 0 Å². The number of aliphatic hydroxyl groups is 4. The van der Waals surface area contributed by atoms with E-state index in [0.717, 1.165) is 18.8 Å². The summed E-state index contributed by atoms with van der Waals surface area (Å²) in [7, 11) is 0. The third-order valence-corrected chi connectivity index (χ3v) is 11.2. The summed E-state index contributed by atoms with van der Waals surface area (Å²) in [6, 6.07) is 0. The molecule has 0 aliphatic heterocycles. The summed E-state index contributed by atoms with van der Waals surface area (Å²) >= 11 is 0. The standard InChI is InChI=1S/C27H48O4/c1-17(2)7-6-8-18(3)20-9-10-21-22-15-23(29)27(31)16-19(28)11-12-25(27,5)26(22,30)14-13-24(20,21)4/h17-23,28-31H,6-16H2,1-5H3/t18-,19+,20-,21+,22+,23-,24-,25-,26-,27+/m1/s1. The molecule has 10 atom stereocenters. The molecule has 4 N–H and O–H groups in total. The van der Waals surface area contributed by atoms with Crippen LogP contribution >= 0.6 is 0 Å². The number of hydrogen-bond acceptors (Lipinski definition) is 4. The van der Waals surface area contributed by atoms with Crippen molar-refractivity contribution < 1.29 is 20.4 Å². The van der Waals surface area contributed by atoms with Crippen LogP contribution in [-0.4, -0.2) is 43.8 Å². The highest BCUT2D eigenvalue weighted by Crippen LogP contribution is 2.70. The van der Waals surface area contributed by atoms with Crippen molar-refractivity contribution in [2.75, 3.05) is 0 Å². The lowest BCUT2D eigenvalue weighted by Gasteiger charge is -2.69. The van der Waals surface area contributed by atoms with Gasteiger partial charge in [0, 0.05) is 11.8 Å². The molecular weight excluding hydrogens is 388 g/mol. The molecule has 0 unspecified atom stereocenters. The van der Waals surface area contributed by atoms with Gasteiger partial charge in [0.25, 0.3) is 0 Å². The van der Waals surface area contributed by atoms with Crippen molar-refractivity contribution in [3.05, 3.63) is 0 Å². The molecule has 4 nitrogen and oxygen atoms in total. The van der Waals surface area contributed by atoms with Gasteiger partial charge >= 0.3 is 0 Å². The molecule has 4 heteroatoms. The van der Waals surface area contributed by atoms with Gasteiger partial charge in [-0.2, -0.15) is 0 Å². The predicted molar refractivity (Wildman–Crippen MR) is 123 cm³/mol. The lowest BCUT2D eigenvalue weighted by atomic mass is 9.40. The molecule has 31 heavy (non-hydrogen) atoms. The zero-order valence-electron chi connectivity index (χ0n) is 20.6. The van der Waals surface area contributed by atoms with Crippen LogP contribution in [-0.2, 0) is 0 Å². The van der Waals surface area contributed by atoms with Crippen LogP contribution in [0.15, 0.2) is 0 Å². The van der Waals surface area contributed by atoms with E-state index in [-0.39, 0.29) is 17.8 Å². The smallest absolute Gasteiger partial charge is 0.101 e. The van der Waals surface area contributed by atoms with Gasteiger partial charge in [-0.1, -0.05) is 53.9 Å². The Labute approximate surface area is 189 Å². The highest BCUT2D eigenvalue weighted by Gasteiger charge is 2.73. The van der Waals surface area contributed by atoms with Crippen molar-refractivity contribution in [3.63, 3.8) is 0 Å². The topological polar surface area (TPSA) is 80.9 Å². The van der Waals surface area contributed by atoms with Crippen molar-refractivity contribution in [2.45, 2.75) is 129 Å².